The maximum absolute atomic E-state index is 13.1. The molecule has 3 heterocycles. The van der Waals surface area contributed by atoms with Gasteiger partial charge in [0.25, 0.3) is 0 Å². The van der Waals surface area contributed by atoms with Gasteiger partial charge in [-0.15, -0.1) is 0 Å². The molecule has 14 nitrogen and oxygen atoms in total. The lowest BCUT2D eigenvalue weighted by molar-refractivity contribution is -0.344. The van der Waals surface area contributed by atoms with Crippen molar-refractivity contribution in [1.82, 2.24) is 0 Å². The van der Waals surface area contributed by atoms with Crippen LogP contribution in [0, 0.1) is 11.8 Å². The van der Waals surface area contributed by atoms with Crippen molar-refractivity contribution in [2.24, 2.45) is 11.8 Å². The number of aromatic hydroxyl groups is 1. The fourth-order valence-corrected chi connectivity index (χ4v) is 5.51. The molecule has 1 saturated heterocycles. The number of fused-ring (bicyclic) bond motifs is 2. The molecule has 14 heteroatoms. The molecule has 1 aromatic rings. The van der Waals surface area contributed by atoms with Gasteiger partial charge in [-0.1, -0.05) is 12.1 Å². The molecule has 10 atom stereocenters. The Morgan fingerprint density at radius 1 is 1.12 bits per heavy atom. The smallest absolute Gasteiger partial charge is 0.338 e. The summed E-state index contributed by atoms with van der Waals surface area (Å²) in [5.74, 6) is -3.50. The molecule has 1 aliphatic carbocycles. The van der Waals surface area contributed by atoms with Crippen molar-refractivity contribution in [2.75, 3.05) is 20.8 Å². The van der Waals surface area contributed by atoms with Crippen LogP contribution in [0.3, 0.4) is 0 Å². The molecular weight excluding hydrogens is 548 g/mol. The Hall–Kier alpha value is -3.50. The van der Waals surface area contributed by atoms with Crippen LogP contribution in [0.1, 0.15) is 11.7 Å². The van der Waals surface area contributed by atoms with Crippen molar-refractivity contribution in [1.29, 1.82) is 0 Å². The van der Waals surface area contributed by atoms with E-state index < -0.39 is 79.1 Å². The summed E-state index contributed by atoms with van der Waals surface area (Å²) in [6.07, 6.45) is -5.27. The van der Waals surface area contributed by atoms with Crippen LogP contribution in [0.4, 0.5) is 0 Å². The summed E-state index contributed by atoms with van der Waals surface area (Å²) in [7, 11) is 2.51. The van der Waals surface area contributed by atoms with Crippen molar-refractivity contribution in [3.05, 3.63) is 59.4 Å². The number of hydrogen-bond donors (Lipinski definition) is 6. The van der Waals surface area contributed by atoms with Crippen LogP contribution < -0.4 is 4.74 Å². The highest BCUT2D eigenvalue weighted by molar-refractivity contribution is 5.94. The monoisotopic (exact) mass is 578 g/mol. The van der Waals surface area contributed by atoms with E-state index in [1.165, 1.54) is 44.6 Å². The van der Waals surface area contributed by atoms with Gasteiger partial charge in [-0.25, -0.2) is 9.59 Å². The molecule has 3 aliphatic heterocycles. The number of aliphatic hydroxyl groups is 5. The van der Waals surface area contributed by atoms with Crippen molar-refractivity contribution in [3.63, 3.8) is 0 Å². The number of carbonyl (C=O) groups is 2. The average Bonchev–Trinajstić information content (AvgIpc) is 3.52. The highest BCUT2D eigenvalue weighted by Gasteiger charge is 2.60. The summed E-state index contributed by atoms with van der Waals surface area (Å²) in [6, 6.07) is 4.06. The molecule has 4 aliphatic rings. The molecular formula is C27H30O14. The molecule has 1 spiro atoms. The van der Waals surface area contributed by atoms with Crippen LogP contribution in [0.25, 0.3) is 0 Å². The predicted octanol–water partition coefficient (Wildman–Crippen LogP) is -1.31. The Balaban J connectivity index is 1.49. The van der Waals surface area contributed by atoms with E-state index in [9.17, 15) is 40.2 Å². The maximum atomic E-state index is 13.1. The lowest BCUT2D eigenvalue weighted by atomic mass is 9.78. The topological polar surface area (TPSA) is 211 Å². The minimum absolute atomic E-state index is 0.0704. The van der Waals surface area contributed by atoms with E-state index in [1.807, 2.05) is 0 Å². The minimum Gasteiger partial charge on any atom is -0.504 e. The molecule has 6 N–H and O–H groups in total. The molecule has 0 bridgehead atoms. The fraction of sp³-hybridized carbons (Fsp3) is 0.481. The van der Waals surface area contributed by atoms with Gasteiger partial charge in [0.15, 0.2) is 23.4 Å². The molecule has 0 unspecified atom stereocenters. The first kappa shape index (κ1) is 29.0. The SMILES string of the molecule is COC(=O)C1=CO[C@@H](O[C@@H]2O[C@H](CO)[C@@H](O)[C@H](O)[C@H]2O)[C@H]2[C@@H]1C=C[C@@]21C=C([C@H](O)c2ccc(O)c(OC)c2)C(=O)O1. The van der Waals surface area contributed by atoms with Gasteiger partial charge in [0.1, 0.15) is 30.5 Å². The van der Waals surface area contributed by atoms with Gasteiger partial charge in [-0.2, -0.15) is 0 Å². The molecule has 1 fully saturated rings. The summed E-state index contributed by atoms with van der Waals surface area (Å²) in [4.78, 5) is 25.7. The summed E-state index contributed by atoms with van der Waals surface area (Å²) in [5, 5.41) is 61.3. The summed E-state index contributed by atoms with van der Waals surface area (Å²) in [5.41, 5.74) is -1.46. The quantitative estimate of drug-likeness (QED) is 0.164. The lowest BCUT2D eigenvalue weighted by Gasteiger charge is -2.44. The molecule has 0 amide bonds. The first-order chi connectivity index (χ1) is 19.5. The predicted molar refractivity (Wildman–Crippen MR) is 132 cm³/mol. The highest BCUT2D eigenvalue weighted by Crippen LogP contribution is 2.51. The Morgan fingerprint density at radius 2 is 1.88 bits per heavy atom. The van der Waals surface area contributed by atoms with Gasteiger partial charge in [-0.3, -0.25) is 0 Å². The van der Waals surface area contributed by atoms with Crippen LogP contribution in [-0.4, -0.2) is 106 Å². The normalized spacial score (nSPS) is 36.6. The molecule has 0 saturated carbocycles. The van der Waals surface area contributed by atoms with Crippen molar-refractivity contribution < 1.29 is 68.6 Å². The number of allylic oxidation sites excluding steroid dienone is 1. The van der Waals surface area contributed by atoms with Gasteiger partial charge in [0, 0.05) is 5.92 Å². The molecule has 5 rings (SSSR count). The van der Waals surface area contributed by atoms with E-state index in [-0.39, 0.29) is 28.2 Å². The molecule has 0 radical (unpaired) electrons. The number of methoxy groups -OCH3 is 2. The molecule has 41 heavy (non-hydrogen) atoms. The Bertz CT molecular complexity index is 1290. The number of carbonyl (C=O) groups excluding carboxylic acids is 2. The Labute approximate surface area is 233 Å². The lowest BCUT2D eigenvalue weighted by Crippen LogP contribution is -2.60. The number of benzene rings is 1. The summed E-state index contributed by atoms with van der Waals surface area (Å²) in [6.45, 7) is -0.691. The second-order valence-corrected chi connectivity index (χ2v) is 9.99. The number of rotatable bonds is 7. The number of hydrogen-bond acceptors (Lipinski definition) is 14. The first-order valence-electron chi connectivity index (χ1n) is 12.7. The van der Waals surface area contributed by atoms with Gasteiger partial charge in [0.05, 0.1) is 44.2 Å². The Kier molecular flexibility index (Phi) is 7.82. The van der Waals surface area contributed by atoms with Crippen LogP contribution in [-0.2, 0) is 33.3 Å². The molecule has 222 valence electrons. The van der Waals surface area contributed by atoms with Gasteiger partial charge < -0.3 is 59.1 Å². The van der Waals surface area contributed by atoms with E-state index in [0.717, 1.165) is 6.26 Å². The van der Waals surface area contributed by atoms with Crippen LogP contribution in [0.5, 0.6) is 11.5 Å². The van der Waals surface area contributed by atoms with E-state index in [4.69, 9.17) is 28.4 Å². The number of phenols is 1. The zero-order valence-corrected chi connectivity index (χ0v) is 21.9. The van der Waals surface area contributed by atoms with E-state index in [1.54, 1.807) is 6.08 Å². The first-order valence-corrected chi connectivity index (χ1v) is 12.7. The van der Waals surface area contributed by atoms with E-state index >= 15 is 0 Å². The molecule has 0 aromatic heterocycles. The van der Waals surface area contributed by atoms with Crippen LogP contribution in [0.2, 0.25) is 0 Å². The summed E-state index contributed by atoms with van der Waals surface area (Å²) < 4.78 is 32.8. The highest BCUT2D eigenvalue weighted by atomic mass is 16.8. The van der Waals surface area contributed by atoms with Crippen molar-refractivity contribution in [2.45, 2.75) is 48.7 Å². The second-order valence-electron chi connectivity index (χ2n) is 9.99. The third-order valence-corrected chi connectivity index (χ3v) is 7.69. The number of phenolic OH excluding ortho intramolecular Hbond substituents is 1. The minimum atomic E-state index is -1.75. The van der Waals surface area contributed by atoms with Gasteiger partial charge >= 0.3 is 11.9 Å². The summed E-state index contributed by atoms with van der Waals surface area (Å²) >= 11 is 0. The number of aliphatic hydroxyl groups excluding tert-OH is 5. The third-order valence-electron chi connectivity index (χ3n) is 7.69. The zero-order valence-electron chi connectivity index (χ0n) is 21.9. The number of esters is 2. The van der Waals surface area contributed by atoms with Gasteiger partial charge in [-0.05, 0) is 29.8 Å². The maximum Gasteiger partial charge on any atom is 0.338 e. The molecule has 1 aromatic carbocycles. The zero-order chi connectivity index (χ0) is 29.6. The van der Waals surface area contributed by atoms with Crippen molar-refractivity contribution >= 4 is 11.9 Å². The Morgan fingerprint density at radius 3 is 2.56 bits per heavy atom. The van der Waals surface area contributed by atoms with Gasteiger partial charge in [0.2, 0.25) is 6.29 Å². The number of ether oxygens (including phenoxy) is 6. The van der Waals surface area contributed by atoms with Crippen LogP contribution in [0.15, 0.2) is 53.8 Å². The van der Waals surface area contributed by atoms with E-state index in [2.05, 4.69) is 0 Å². The van der Waals surface area contributed by atoms with E-state index in [0.29, 0.717) is 0 Å². The second kappa shape index (κ2) is 11.1. The standard InChI is InChI=1S/C27H30O14/c1-36-16-7-11(3-4-15(16)29)19(30)13-8-27(41-24(13)35)6-5-12-14(23(34)37-2)10-38-25(18(12)27)40-26-22(33)21(32)20(31)17(9-28)39-26/h3-8,10,12,17-22,25-26,28-33H,9H2,1-2H3/t12-,17-,18-,19-,20-,21+,22-,25+,26+,27-/m1/s1. The van der Waals surface area contributed by atoms with Crippen LogP contribution >= 0.6 is 0 Å². The largest absolute Gasteiger partial charge is 0.504 e. The average molecular weight is 579 g/mol. The fourth-order valence-electron chi connectivity index (χ4n) is 5.51. The third kappa shape index (κ3) is 4.86. The van der Waals surface area contributed by atoms with Crippen molar-refractivity contribution in [3.8, 4) is 11.5 Å².